The van der Waals surface area contributed by atoms with Crippen molar-refractivity contribution in [3.63, 3.8) is 0 Å². The maximum Gasteiger partial charge on any atom is 0.373 e. The van der Waals surface area contributed by atoms with E-state index in [0.29, 0.717) is 17.7 Å². The zero-order chi connectivity index (χ0) is 25.6. The highest BCUT2D eigenvalue weighted by Gasteiger charge is 2.20. The first-order valence-corrected chi connectivity index (χ1v) is 13.1. The van der Waals surface area contributed by atoms with E-state index in [-0.39, 0.29) is 24.7 Å². The van der Waals surface area contributed by atoms with Crippen LogP contribution in [0.3, 0.4) is 0 Å². The van der Waals surface area contributed by atoms with Crippen molar-refractivity contribution in [3.05, 3.63) is 34.4 Å². The summed E-state index contributed by atoms with van der Waals surface area (Å²) in [5, 5.41) is 25.0. The van der Waals surface area contributed by atoms with Gasteiger partial charge in [-0.3, -0.25) is 4.72 Å². The third kappa shape index (κ3) is 9.59. The lowest BCUT2D eigenvalue weighted by atomic mass is 9.83. The van der Waals surface area contributed by atoms with Crippen LogP contribution < -0.4 is 15.4 Å². The van der Waals surface area contributed by atoms with Crippen LogP contribution in [0.25, 0.3) is 0 Å². The van der Waals surface area contributed by atoms with Gasteiger partial charge in [0, 0.05) is 29.2 Å². The van der Waals surface area contributed by atoms with E-state index in [1.807, 2.05) is 13.0 Å². The maximum atomic E-state index is 9.46. The number of anilines is 3. The summed E-state index contributed by atoms with van der Waals surface area (Å²) in [6.45, 7) is 5.11. The molecule has 1 aliphatic rings. The topological polar surface area (TPSA) is 140 Å². The highest BCUT2D eigenvalue weighted by Crippen LogP contribution is 2.30. The minimum atomic E-state index is -0.0579. The van der Waals surface area contributed by atoms with Crippen LogP contribution in [0.15, 0.2) is 33.8 Å². The van der Waals surface area contributed by atoms with Gasteiger partial charge < -0.3 is 15.7 Å². The molecule has 0 spiro atoms. The Kier molecular flexibility index (Phi) is 12.7. The van der Waals surface area contributed by atoms with Gasteiger partial charge in [0.2, 0.25) is 5.95 Å². The van der Waals surface area contributed by atoms with Gasteiger partial charge in [-0.15, -0.1) is 0 Å². The molecule has 1 heterocycles. The lowest BCUT2D eigenvalue weighted by molar-refractivity contribution is -0.191. The Morgan fingerprint density at radius 1 is 1.29 bits per heavy atom. The number of hydrogen-bond acceptors (Lipinski definition) is 10. The first-order valence-electron chi connectivity index (χ1n) is 11.5. The number of aryl methyl sites for hydroxylation is 1. The van der Waals surface area contributed by atoms with Crippen molar-refractivity contribution in [1.82, 2.24) is 14.7 Å². The Hall–Kier alpha value is -2.48. The fourth-order valence-electron chi connectivity index (χ4n) is 3.65. The summed E-state index contributed by atoms with van der Waals surface area (Å²) in [7, 11) is 0. The number of aliphatic hydroxyl groups is 1. The molecule has 1 aromatic carbocycles. The maximum absolute atomic E-state index is 9.46. The summed E-state index contributed by atoms with van der Waals surface area (Å²) in [5.41, 5.74) is 2.12. The SMILES string of the molecule is CCC(CO)Nc1nc(Nc2ccc(C)c(SNCC3CCC(C#N)CC3)c2)ncc1Br.O=C=O. The molecule has 3 rings (SSSR count). The minimum absolute atomic E-state index is 0.0427. The second kappa shape index (κ2) is 15.5. The molecule has 0 amide bonds. The lowest BCUT2D eigenvalue weighted by Crippen LogP contribution is -2.23. The minimum Gasteiger partial charge on any atom is -0.394 e. The molecule has 0 aliphatic heterocycles. The largest absolute Gasteiger partial charge is 0.394 e. The number of benzene rings is 1. The van der Waals surface area contributed by atoms with E-state index in [2.05, 4.69) is 66.4 Å². The van der Waals surface area contributed by atoms with E-state index >= 15 is 0 Å². The number of nitriles is 1. The Morgan fingerprint density at radius 3 is 2.63 bits per heavy atom. The lowest BCUT2D eigenvalue weighted by Gasteiger charge is -2.24. The second-order valence-corrected chi connectivity index (χ2v) is 10.1. The molecule has 11 heteroatoms. The molecule has 1 saturated carbocycles. The highest BCUT2D eigenvalue weighted by molar-refractivity contribution is 9.10. The molecule has 188 valence electrons. The van der Waals surface area contributed by atoms with E-state index in [1.165, 1.54) is 5.56 Å². The van der Waals surface area contributed by atoms with Crippen molar-refractivity contribution in [2.75, 3.05) is 23.8 Å². The third-order valence-electron chi connectivity index (χ3n) is 5.83. The molecule has 0 saturated heterocycles. The van der Waals surface area contributed by atoms with Crippen molar-refractivity contribution in [2.24, 2.45) is 11.8 Å². The average molecular weight is 564 g/mol. The molecule has 1 aromatic heterocycles. The zero-order valence-electron chi connectivity index (χ0n) is 19.9. The highest BCUT2D eigenvalue weighted by atomic mass is 79.9. The van der Waals surface area contributed by atoms with E-state index in [1.54, 1.807) is 18.1 Å². The van der Waals surface area contributed by atoms with Crippen LogP contribution in [0.1, 0.15) is 44.6 Å². The van der Waals surface area contributed by atoms with Crippen LogP contribution in [0, 0.1) is 30.1 Å². The number of nitrogens with one attached hydrogen (secondary N) is 3. The third-order valence-corrected chi connectivity index (χ3v) is 7.38. The first-order chi connectivity index (χ1) is 16.9. The predicted octanol–water partition coefficient (Wildman–Crippen LogP) is 4.82. The zero-order valence-corrected chi connectivity index (χ0v) is 22.3. The van der Waals surface area contributed by atoms with Crippen LogP contribution in [-0.2, 0) is 9.59 Å². The molecule has 0 bridgehead atoms. The second-order valence-electron chi connectivity index (χ2n) is 8.31. The van der Waals surface area contributed by atoms with Crippen molar-refractivity contribution < 1.29 is 14.7 Å². The normalized spacial score (nSPS) is 17.8. The van der Waals surface area contributed by atoms with Crippen LogP contribution in [0.2, 0.25) is 0 Å². The molecule has 1 atom stereocenters. The number of nitrogens with zero attached hydrogens (tertiary/aromatic N) is 3. The molecule has 4 N–H and O–H groups in total. The van der Waals surface area contributed by atoms with Gasteiger partial charge in [-0.2, -0.15) is 19.8 Å². The molecule has 1 unspecified atom stereocenters. The summed E-state index contributed by atoms with van der Waals surface area (Å²) in [6.07, 6.45) is 7.04. The monoisotopic (exact) mass is 562 g/mol. The van der Waals surface area contributed by atoms with Crippen molar-refractivity contribution in [1.29, 1.82) is 5.26 Å². The first kappa shape index (κ1) is 28.8. The number of hydrogen-bond donors (Lipinski definition) is 4. The smallest absolute Gasteiger partial charge is 0.373 e. The molecule has 1 fully saturated rings. The van der Waals surface area contributed by atoms with Crippen molar-refractivity contribution in [3.8, 4) is 6.07 Å². The molecule has 35 heavy (non-hydrogen) atoms. The number of aliphatic hydroxyl groups excluding tert-OH is 1. The Bertz CT molecular complexity index is 1020. The standard InChI is InChI=1S/C23H31BrN6OS.CO2/c1-3-18(14-31)28-22-20(24)13-26-23(30-22)29-19-9-4-15(2)21(10-19)32-27-12-17-7-5-16(11-25)6-8-17;2-1-3/h4,9-10,13,16-18,27,31H,3,5-8,12,14H2,1-2H3,(H2,26,28,29,30);. The Balaban J connectivity index is 0.00000137. The number of carbonyl (C=O) groups excluding carboxylic acids is 2. The van der Waals surface area contributed by atoms with Gasteiger partial charge in [-0.1, -0.05) is 13.0 Å². The summed E-state index contributed by atoms with van der Waals surface area (Å²) >= 11 is 5.12. The summed E-state index contributed by atoms with van der Waals surface area (Å²) in [4.78, 5) is 26.3. The predicted molar refractivity (Wildman–Crippen MR) is 139 cm³/mol. The Morgan fingerprint density at radius 2 is 2.00 bits per heavy atom. The molecule has 2 aromatic rings. The molecule has 1 aliphatic carbocycles. The van der Waals surface area contributed by atoms with E-state index in [0.717, 1.165) is 53.7 Å². The molecular formula is C24H31BrN6O3S. The van der Waals surface area contributed by atoms with Crippen LogP contribution in [-0.4, -0.2) is 40.4 Å². The Labute approximate surface area is 218 Å². The van der Waals surface area contributed by atoms with Gasteiger partial charge in [-0.25, -0.2) is 4.98 Å². The number of aromatic nitrogens is 2. The van der Waals surface area contributed by atoms with Crippen molar-refractivity contribution >= 4 is 51.5 Å². The summed E-state index contributed by atoms with van der Waals surface area (Å²) < 4.78 is 4.27. The van der Waals surface area contributed by atoms with Crippen LogP contribution >= 0.6 is 27.9 Å². The quantitative estimate of drug-likeness (QED) is 0.298. The average Bonchev–Trinajstić information content (AvgIpc) is 2.87. The number of rotatable bonds is 10. The molecule has 9 nitrogen and oxygen atoms in total. The van der Waals surface area contributed by atoms with E-state index in [9.17, 15) is 5.11 Å². The van der Waals surface area contributed by atoms with E-state index < -0.39 is 0 Å². The van der Waals surface area contributed by atoms with Gasteiger partial charge in [0.1, 0.15) is 5.82 Å². The van der Waals surface area contributed by atoms with Crippen LogP contribution in [0.5, 0.6) is 0 Å². The summed E-state index contributed by atoms with van der Waals surface area (Å²) in [5.74, 6) is 2.03. The molecule has 0 radical (unpaired) electrons. The van der Waals surface area contributed by atoms with Gasteiger partial charge in [0.05, 0.1) is 23.2 Å². The molecular weight excluding hydrogens is 532 g/mol. The van der Waals surface area contributed by atoms with Gasteiger partial charge >= 0.3 is 6.15 Å². The fraction of sp³-hybridized carbons (Fsp3) is 0.500. The fourth-order valence-corrected chi connectivity index (χ4v) is 4.84. The van der Waals surface area contributed by atoms with Crippen LogP contribution in [0.4, 0.5) is 17.5 Å². The summed E-state index contributed by atoms with van der Waals surface area (Å²) in [6, 6.07) is 8.54. The van der Waals surface area contributed by atoms with Gasteiger partial charge in [0.25, 0.3) is 0 Å². The van der Waals surface area contributed by atoms with E-state index in [4.69, 9.17) is 14.9 Å². The van der Waals surface area contributed by atoms with Gasteiger partial charge in [0.15, 0.2) is 0 Å². The number of halogens is 1. The van der Waals surface area contributed by atoms with Gasteiger partial charge in [-0.05, 0) is 90.5 Å². The van der Waals surface area contributed by atoms with Crippen molar-refractivity contribution in [2.45, 2.75) is 56.9 Å².